The Kier molecular flexibility index (Phi) is 5.70. The first-order chi connectivity index (χ1) is 12.3. The van der Waals surface area contributed by atoms with E-state index in [0.29, 0.717) is 16.5 Å². The molecule has 8 heteroatoms. The molecule has 26 heavy (non-hydrogen) atoms. The van der Waals surface area contributed by atoms with Crippen LogP contribution in [0.1, 0.15) is 19.9 Å². The molecule has 1 amide bonds. The summed E-state index contributed by atoms with van der Waals surface area (Å²) in [6.45, 7) is 3.77. The van der Waals surface area contributed by atoms with Crippen molar-refractivity contribution in [3.05, 3.63) is 55.6 Å². The van der Waals surface area contributed by atoms with E-state index in [0.717, 1.165) is 26.0 Å². The lowest BCUT2D eigenvalue weighted by Crippen LogP contribution is -2.20. The van der Waals surface area contributed by atoms with Crippen molar-refractivity contribution >= 4 is 60.7 Å². The number of ether oxygens (including phenoxy) is 1. The van der Waals surface area contributed by atoms with Crippen molar-refractivity contribution in [2.45, 2.75) is 19.9 Å². The number of hydrogen-bond donors (Lipinski definition) is 1. The van der Waals surface area contributed by atoms with Gasteiger partial charge in [-0.05, 0) is 50.2 Å². The van der Waals surface area contributed by atoms with Crippen LogP contribution in [0.15, 0.2) is 45.7 Å². The van der Waals surface area contributed by atoms with Gasteiger partial charge in [-0.2, -0.15) is 0 Å². The number of anilines is 1. The van der Waals surface area contributed by atoms with Gasteiger partial charge >= 0.3 is 4.87 Å². The Morgan fingerprint density at radius 1 is 1.31 bits per heavy atom. The molecule has 0 fully saturated rings. The average Bonchev–Trinajstić information content (AvgIpc) is 2.89. The lowest BCUT2D eigenvalue weighted by Gasteiger charge is -2.10. The predicted octanol–water partition coefficient (Wildman–Crippen LogP) is 5.08. The monoisotopic (exact) mass is 454 g/mol. The molecule has 1 aromatic heterocycles. The average molecular weight is 456 g/mol. The summed E-state index contributed by atoms with van der Waals surface area (Å²) in [5.74, 6) is 0.131. The molecule has 0 spiro atoms. The van der Waals surface area contributed by atoms with E-state index in [2.05, 4.69) is 21.2 Å². The number of halogens is 2. The minimum atomic E-state index is -0.307. The SMILES string of the molecule is CC(C)n1c(=O)sc2cc(NC(=O)COc3ccc(Br)cc3Cl)ccc21. The second-order valence-electron chi connectivity index (χ2n) is 5.93. The number of carbonyl (C=O) groups is 1. The summed E-state index contributed by atoms with van der Waals surface area (Å²) in [6.07, 6.45) is 0. The minimum Gasteiger partial charge on any atom is -0.482 e. The topological polar surface area (TPSA) is 60.3 Å². The Bertz CT molecular complexity index is 1030. The molecule has 3 rings (SSSR count). The predicted molar refractivity (Wildman–Crippen MR) is 110 cm³/mol. The van der Waals surface area contributed by atoms with E-state index in [9.17, 15) is 9.59 Å². The number of aromatic nitrogens is 1. The van der Waals surface area contributed by atoms with E-state index in [-0.39, 0.29) is 23.4 Å². The summed E-state index contributed by atoms with van der Waals surface area (Å²) in [5, 5.41) is 3.20. The molecule has 3 aromatic rings. The second-order valence-corrected chi connectivity index (χ2v) is 8.24. The third kappa shape index (κ3) is 4.11. The van der Waals surface area contributed by atoms with Crippen molar-refractivity contribution in [1.29, 1.82) is 0 Å². The maximum Gasteiger partial charge on any atom is 0.308 e. The molecule has 0 unspecified atom stereocenters. The molecular weight excluding hydrogens is 440 g/mol. The van der Waals surface area contributed by atoms with E-state index in [1.807, 2.05) is 19.9 Å². The molecule has 5 nitrogen and oxygen atoms in total. The normalized spacial score (nSPS) is 11.1. The molecule has 0 atom stereocenters. The Hall–Kier alpha value is -1.83. The molecule has 2 aromatic carbocycles. The zero-order valence-electron chi connectivity index (χ0n) is 14.1. The highest BCUT2D eigenvalue weighted by Gasteiger charge is 2.12. The highest BCUT2D eigenvalue weighted by Crippen LogP contribution is 2.28. The summed E-state index contributed by atoms with van der Waals surface area (Å²) < 4.78 is 8.86. The van der Waals surface area contributed by atoms with Gasteiger partial charge in [0.05, 0.1) is 15.2 Å². The number of nitrogens with zero attached hydrogens (tertiary/aromatic N) is 1. The quantitative estimate of drug-likeness (QED) is 0.584. The maximum absolute atomic E-state index is 12.1. The van der Waals surface area contributed by atoms with Crippen LogP contribution in [0.5, 0.6) is 5.75 Å². The number of hydrogen-bond acceptors (Lipinski definition) is 4. The minimum absolute atomic E-state index is 0.00769. The third-order valence-electron chi connectivity index (χ3n) is 3.67. The first-order valence-electron chi connectivity index (χ1n) is 7.88. The van der Waals surface area contributed by atoms with Gasteiger partial charge in [-0.1, -0.05) is 38.9 Å². The summed E-state index contributed by atoms with van der Waals surface area (Å²) in [4.78, 5) is 24.2. The van der Waals surface area contributed by atoms with Crippen molar-refractivity contribution in [2.24, 2.45) is 0 Å². The number of fused-ring (bicyclic) bond motifs is 1. The van der Waals surface area contributed by atoms with Gasteiger partial charge in [0, 0.05) is 16.2 Å². The Morgan fingerprint density at radius 2 is 2.08 bits per heavy atom. The molecule has 1 heterocycles. The van der Waals surface area contributed by atoms with Gasteiger partial charge in [-0.3, -0.25) is 14.2 Å². The molecule has 0 aliphatic carbocycles. The van der Waals surface area contributed by atoms with E-state index in [4.69, 9.17) is 16.3 Å². The van der Waals surface area contributed by atoms with Gasteiger partial charge in [0.25, 0.3) is 5.91 Å². The number of nitrogens with one attached hydrogen (secondary N) is 1. The van der Waals surface area contributed by atoms with Crippen LogP contribution in [-0.2, 0) is 4.79 Å². The van der Waals surface area contributed by atoms with Gasteiger partial charge in [-0.15, -0.1) is 0 Å². The molecule has 0 bridgehead atoms. The molecule has 0 saturated carbocycles. The highest BCUT2D eigenvalue weighted by atomic mass is 79.9. The Morgan fingerprint density at radius 3 is 2.77 bits per heavy atom. The molecule has 0 radical (unpaired) electrons. The molecule has 0 aliphatic heterocycles. The Labute approximate surface area is 167 Å². The highest BCUT2D eigenvalue weighted by molar-refractivity contribution is 9.10. The number of carbonyl (C=O) groups excluding carboxylic acids is 1. The van der Waals surface area contributed by atoms with Crippen molar-refractivity contribution in [2.75, 3.05) is 11.9 Å². The number of amides is 1. The number of rotatable bonds is 5. The van der Waals surface area contributed by atoms with Crippen LogP contribution in [0, 0.1) is 0 Å². The smallest absolute Gasteiger partial charge is 0.308 e. The summed E-state index contributed by atoms with van der Waals surface area (Å²) in [6, 6.07) is 10.7. The van der Waals surface area contributed by atoms with E-state index >= 15 is 0 Å². The Balaban J connectivity index is 1.70. The summed E-state index contributed by atoms with van der Waals surface area (Å²) in [5.41, 5.74) is 1.48. The number of thiazole rings is 1. The first-order valence-corrected chi connectivity index (χ1v) is 9.86. The standard InChI is InChI=1S/C18H16BrClN2O3S/c1-10(2)22-14-5-4-12(8-16(14)26-18(22)24)21-17(23)9-25-15-6-3-11(19)7-13(15)20/h3-8,10H,9H2,1-2H3,(H,21,23). The summed E-state index contributed by atoms with van der Waals surface area (Å²) in [7, 11) is 0. The van der Waals surface area contributed by atoms with Gasteiger partial charge in [0.1, 0.15) is 5.75 Å². The lowest BCUT2D eigenvalue weighted by molar-refractivity contribution is -0.118. The van der Waals surface area contributed by atoms with E-state index in [1.165, 1.54) is 0 Å². The van der Waals surface area contributed by atoms with Gasteiger partial charge in [-0.25, -0.2) is 0 Å². The van der Waals surface area contributed by atoms with Crippen molar-refractivity contribution < 1.29 is 9.53 Å². The van der Waals surface area contributed by atoms with E-state index in [1.54, 1.807) is 34.9 Å². The summed E-state index contributed by atoms with van der Waals surface area (Å²) >= 11 is 10.5. The van der Waals surface area contributed by atoms with Crippen molar-refractivity contribution in [3.63, 3.8) is 0 Å². The van der Waals surface area contributed by atoms with Crippen LogP contribution in [0.3, 0.4) is 0 Å². The zero-order valence-corrected chi connectivity index (χ0v) is 17.2. The fourth-order valence-electron chi connectivity index (χ4n) is 2.54. The second kappa shape index (κ2) is 7.82. The van der Waals surface area contributed by atoms with Gasteiger partial charge in [0.2, 0.25) is 0 Å². The first kappa shape index (κ1) is 18.9. The fourth-order valence-corrected chi connectivity index (χ4v) is 4.32. The lowest BCUT2D eigenvalue weighted by atomic mass is 10.2. The van der Waals surface area contributed by atoms with Gasteiger partial charge < -0.3 is 10.1 Å². The molecular formula is C18H16BrClN2O3S. The zero-order chi connectivity index (χ0) is 18.8. The van der Waals surface area contributed by atoms with E-state index < -0.39 is 0 Å². The maximum atomic E-state index is 12.1. The number of benzene rings is 2. The van der Waals surface area contributed by atoms with Crippen LogP contribution in [0.4, 0.5) is 5.69 Å². The van der Waals surface area contributed by atoms with Gasteiger partial charge in [0.15, 0.2) is 6.61 Å². The van der Waals surface area contributed by atoms with Crippen molar-refractivity contribution in [1.82, 2.24) is 4.57 Å². The largest absolute Gasteiger partial charge is 0.482 e. The van der Waals surface area contributed by atoms with Crippen molar-refractivity contribution in [3.8, 4) is 5.75 Å². The molecule has 0 saturated heterocycles. The fraction of sp³-hybridized carbons (Fsp3) is 0.222. The van der Waals surface area contributed by atoms with Crippen LogP contribution < -0.4 is 14.9 Å². The molecule has 0 aliphatic rings. The molecule has 1 N–H and O–H groups in total. The van der Waals surface area contributed by atoms with Crippen LogP contribution >= 0.6 is 38.9 Å². The van der Waals surface area contributed by atoms with Crippen LogP contribution in [0.25, 0.3) is 10.2 Å². The van der Waals surface area contributed by atoms with Crippen LogP contribution in [0.2, 0.25) is 5.02 Å². The van der Waals surface area contributed by atoms with Crippen LogP contribution in [-0.4, -0.2) is 17.1 Å². The third-order valence-corrected chi connectivity index (χ3v) is 5.37. The molecule has 136 valence electrons.